The molecule has 18 heavy (non-hydrogen) atoms. The van der Waals surface area contributed by atoms with Crippen LogP contribution in [0.1, 0.15) is 5.56 Å². The predicted molar refractivity (Wildman–Crippen MR) is 55.4 cm³/mol. The number of ether oxygens (including phenoxy) is 2. The first kappa shape index (κ1) is 14.1. The molecule has 0 unspecified atom stereocenters. The zero-order chi connectivity index (χ0) is 13.8. The number of methoxy groups -OCH3 is 1. The Labute approximate surface area is 101 Å². The first-order valence-corrected chi connectivity index (χ1v) is 4.90. The molecule has 7 heteroatoms. The van der Waals surface area contributed by atoms with E-state index in [2.05, 4.69) is 9.47 Å². The Kier molecular flexibility index (Phi) is 4.41. The number of aromatic hydroxyl groups is 1. The van der Waals surface area contributed by atoms with Crippen LogP contribution < -0.4 is 4.74 Å². The number of esters is 1. The number of carbonyl (C=O) groups excluding carboxylic acids is 1. The standard InChI is InChI=1S/C11H11F3O4/c1-17-10(16)4-7-2-3-8(15)5-9(7)18-6-11(12,13)14/h2-3,5,15H,4,6H2,1H3. The highest BCUT2D eigenvalue weighted by atomic mass is 19.4. The van der Waals surface area contributed by atoms with Crippen molar-refractivity contribution >= 4 is 5.97 Å². The second-order valence-corrected chi connectivity index (χ2v) is 3.45. The minimum atomic E-state index is -4.49. The molecule has 0 aliphatic carbocycles. The van der Waals surface area contributed by atoms with Crippen LogP contribution in [0, 0.1) is 0 Å². The lowest BCUT2D eigenvalue weighted by atomic mass is 10.1. The Balaban J connectivity index is 2.86. The van der Waals surface area contributed by atoms with Crippen LogP contribution in [0.5, 0.6) is 11.5 Å². The highest BCUT2D eigenvalue weighted by molar-refractivity contribution is 5.73. The van der Waals surface area contributed by atoms with Gasteiger partial charge < -0.3 is 14.6 Å². The summed E-state index contributed by atoms with van der Waals surface area (Å²) in [6.45, 7) is -1.50. The Bertz CT molecular complexity index is 429. The Morgan fingerprint density at radius 1 is 1.39 bits per heavy atom. The Morgan fingerprint density at radius 2 is 2.06 bits per heavy atom. The number of rotatable bonds is 4. The molecule has 100 valence electrons. The Hall–Kier alpha value is -1.92. The lowest BCUT2D eigenvalue weighted by molar-refractivity contribution is -0.153. The van der Waals surface area contributed by atoms with E-state index in [1.807, 2.05) is 0 Å². The SMILES string of the molecule is COC(=O)Cc1ccc(O)cc1OCC(F)(F)F. The van der Waals surface area contributed by atoms with Gasteiger partial charge in [-0.1, -0.05) is 6.07 Å². The summed E-state index contributed by atoms with van der Waals surface area (Å²) in [4.78, 5) is 11.1. The van der Waals surface area contributed by atoms with Gasteiger partial charge in [-0.05, 0) is 6.07 Å². The number of alkyl halides is 3. The van der Waals surface area contributed by atoms with Crippen molar-refractivity contribution in [1.29, 1.82) is 0 Å². The van der Waals surface area contributed by atoms with Crippen LogP contribution in [0.25, 0.3) is 0 Å². The minimum absolute atomic E-state index is 0.197. The van der Waals surface area contributed by atoms with Gasteiger partial charge in [-0.25, -0.2) is 0 Å². The van der Waals surface area contributed by atoms with Crippen molar-refractivity contribution in [2.24, 2.45) is 0 Å². The van der Waals surface area contributed by atoms with Crippen LogP contribution in [-0.2, 0) is 16.0 Å². The van der Waals surface area contributed by atoms with Gasteiger partial charge >= 0.3 is 12.1 Å². The summed E-state index contributed by atoms with van der Waals surface area (Å²) in [5.41, 5.74) is 0.212. The fourth-order valence-corrected chi connectivity index (χ4v) is 1.21. The van der Waals surface area contributed by atoms with Gasteiger partial charge in [0.25, 0.3) is 0 Å². The lowest BCUT2D eigenvalue weighted by Gasteiger charge is -2.13. The average Bonchev–Trinajstić information content (AvgIpc) is 2.28. The third-order valence-corrected chi connectivity index (χ3v) is 2.00. The third kappa shape index (κ3) is 4.52. The summed E-state index contributed by atoms with van der Waals surface area (Å²) in [6.07, 6.45) is -4.72. The van der Waals surface area contributed by atoms with E-state index < -0.39 is 18.8 Å². The van der Waals surface area contributed by atoms with E-state index in [4.69, 9.17) is 0 Å². The van der Waals surface area contributed by atoms with Crippen molar-refractivity contribution < 1.29 is 32.5 Å². The molecule has 4 nitrogen and oxygen atoms in total. The monoisotopic (exact) mass is 264 g/mol. The normalized spacial score (nSPS) is 11.1. The number of halogens is 3. The van der Waals surface area contributed by atoms with Crippen molar-refractivity contribution in [2.75, 3.05) is 13.7 Å². The average molecular weight is 264 g/mol. The highest BCUT2D eigenvalue weighted by Crippen LogP contribution is 2.26. The second kappa shape index (κ2) is 5.61. The second-order valence-electron chi connectivity index (χ2n) is 3.45. The van der Waals surface area contributed by atoms with Gasteiger partial charge in [0.15, 0.2) is 6.61 Å². The van der Waals surface area contributed by atoms with Gasteiger partial charge in [0.1, 0.15) is 11.5 Å². The number of phenols is 1. The maximum atomic E-state index is 12.0. The van der Waals surface area contributed by atoms with E-state index in [-0.39, 0.29) is 23.5 Å². The molecule has 0 atom stereocenters. The smallest absolute Gasteiger partial charge is 0.422 e. The lowest BCUT2D eigenvalue weighted by Crippen LogP contribution is -2.20. The molecule has 0 heterocycles. The summed E-state index contributed by atoms with van der Waals surface area (Å²) in [5, 5.41) is 9.18. The number of phenolic OH excluding ortho intramolecular Hbond substituents is 1. The molecule has 0 saturated carbocycles. The van der Waals surface area contributed by atoms with Crippen molar-refractivity contribution in [3.05, 3.63) is 23.8 Å². The number of benzene rings is 1. The highest BCUT2D eigenvalue weighted by Gasteiger charge is 2.29. The van der Waals surface area contributed by atoms with E-state index in [0.717, 1.165) is 6.07 Å². The molecular formula is C11H11F3O4. The fraction of sp³-hybridized carbons (Fsp3) is 0.364. The van der Waals surface area contributed by atoms with E-state index in [1.54, 1.807) is 0 Å². The topological polar surface area (TPSA) is 55.8 Å². The molecule has 0 aliphatic heterocycles. The quantitative estimate of drug-likeness (QED) is 0.845. The van der Waals surface area contributed by atoms with E-state index in [1.165, 1.54) is 19.2 Å². The van der Waals surface area contributed by atoms with Gasteiger partial charge in [-0.15, -0.1) is 0 Å². The van der Waals surface area contributed by atoms with Gasteiger partial charge in [-0.3, -0.25) is 4.79 Å². The van der Waals surface area contributed by atoms with Crippen LogP contribution in [0.15, 0.2) is 18.2 Å². The first-order chi connectivity index (χ1) is 8.31. The minimum Gasteiger partial charge on any atom is -0.508 e. The van der Waals surface area contributed by atoms with Crippen molar-refractivity contribution in [3.63, 3.8) is 0 Å². The molecule has 1 aromatic rings. The number of hydrogen-bond donors (Lipinski definition) is 1. The molecule has 0 radical (unpaired) electrons. The summed E-state index contributed by atoms with van der Waals surface area (Å²) < 4.78 is 45.0. The Morgan fingerprint density at radius 3 is 2.61 bits per heavy atom. The van der Waals surface area contributed by atoms with Crippen molar-refractivity contribution in [1.82, 2.24) is 0 Å². The first-order valence-electron chi connectivity index (χ1n) is 4.90. The van der Waals surface area contributed by atoms with Crippen LogP contribution in [-0.4, -0.2) is 31.0 Å². The largest absolute Gasteiger partial charge is 0.508 e. The van der Waals surface area contributed by atoms with Gasteiger partial charge in [0.05, 0.1) is 13.5 Å². The molecule has 0 amide bonds. The maximum absolute atomic E-state index is 12.0. The van der Waals surface area contributed by atoms with Crippen molar-refractivity contribution in [3.8, 4) is 11.5 Å². The van der Waals surface area contributed by atoms with E-state index in [9.17, 15) is 23.1 Å². The summed E-state index contributed by atoms with van der Waals surface area (Å²) in [5.74, 6) is -1.06. The van der Waals surface area contributed by atoms with Crippen LogP contribution in [0.3, 0.4) is 0 Å². The van der Waals surface area contributed by atoms with E-state index in [0.29, 0.717) is 0 Å². The molecule has 0 aromatic heterocycles. The number of hydrogen-bond acceptors (Lipinski definition) is 4. The van der Waals surface area contributed by atoms with Crippen LogP contribution in [0.2, 0.25) is 0 Å². The molecule has 1 aromatic carbocycles. The van der Waals surface area contributed by atoms with Crippen molar-refractivity contribution in [2.45, 2.75) is 12.6 Å². The van der Waals surface area contributed by atoms with Gasteiger partial charge in [0.2, 0.25) is 0 Å². The van der Waals surface area contributed by atoms with Crippen LogP contribution in [0.4, 0.5) is 13.2 Å². The molecule has 0 spiro atoms. The molecule has 0 saturated heterocycles. The predicted octanol–water partition coefficient (Wildman–Crippen LogP) is 2.05. The summed E-state index contributed by atoms with van der Waals surface area (Å²) in [7, 11) is 1.17. The zero-order valence-electron chi connectivity index (χ0n) is 9.45. The maximum Gasteiger partial charge on any atom is 0.422 e. The molecule has 0 aliphatic rings. The molecule has 1 N–H and O–H groups in total. The van der Waals surface area contributed by atoms with Gasteiger partial charge in [0, 0.05) is 11.6 Å². The summed E-state index contributed by atoms with van der Waals surface area (Å²) in [6, 6.07) is 3.57. The van der Waals surface area contributed by atoms with Gasteiger partial charge in [-0.2, -0.15) is 13.2 Å². The molecular weight excluding hydrogens is 253 g/mol. The fourth-order valence-electron chi connectivity index (χ4n) is 1.21. The van der Waals surface area contributed by atoms with Crippen LogP contribution >= 0.6 is 0 Å². The molecule has 0 bridgehead atoms. The molecule has 0 fully saturated rings. The molecule has 1 rings (SSSR count). The van der Waals surface area contributed by atoms with E-state index >= 15 is 0 Å². The number of carbonyl (C=O) groups is 1. The summed E-state index contributed by atoms with van der Waals surface area (Å²) >= 11 is 0. The zero-order valence-corrected chi connectivity index (χ0v) is 9.45. The third-order valence-electron chi connectivity index (χ3n) is 2.00.